The van der Waals surface area contributed by atoms with Crippen LogP contribution >= 0.6 is 11.3 Å². The van der Waals surface area contributed by atoms with Gasteiger partial charge in [0.15, 0.2) is 5.76 Å². The van der Waals surface area contributed by atoms with E-state index in [1.807, 2.05) is 50.5 Å². The molecule has 4 rings (SSSR count). The van der Waals surface area contributed by atoms with E-state index >= 15 is 0 Å². The predicted octanol–water partition coefficient (Wildman–Crippen LogP) is 4.54. The van der Waals surface area contributed by atoms with Gasteiger partial charge in [-0.05, 0) is 42.0 Å². The van der Waals surface area contributed by atoms with Crippen LogP contribution in [0.3, 0.4) is 0 Å². The third kappa shape index (κ3) is 8.64. The van der Waals surface area contributed by atoms with Crippen molar-refractivity contribution >= 4 is 29.1 Å². The number of carboxylic acid groups (broad SMARTS) is 1. The number of aliphatic hydroxyl groups excluding tert-OH is 1. The Morgan fingerprint density at radius 2 is 1.91 bits per heavy atom. The van der Waals surface area contributed by atoms with Crippen molar-refractivity contribution in [2.75, 3.05) is 13.2 Å². The number of rotatable bonds is 15. The van der Waals surface area contributed by atoms with E-state index in [2.05, 4.69) is 15.5 Å². The monoisotopic (exact) mass is 612 g/mol. The Hall–Kier alpha value is -3.77. The molecule has 1 aliphatic heterocycles. The molecule has 0 bridgehead atoms. The number of aliphatic hydroxyl groups is 1. The summed E-state index contributed by atoms with van der Waals surface area (Å²) in [6.07, 6.45) is 2.53. The molecular weight excluding hydrogens is 572 g/mol. The Morgan fingerprint density at radius 1 is 1.16 bits per heavy atom. The summed E-state index contributed by atoms with van der Waals surface area (Å²) in [6, 6.07) is 8.72. The molecule has 3 heterocycles. The molecule has 232 valence electrons. The van der Waals surface area contributed by atoms with Crippen molar-refractivity contribution in [2.45, 2.75) is 83.9 Å². The number of nitrogens with zero attached hydrogens (tertiary/aromatic N) is 3. The fourth-order valence-corrected chi connectivity index (χ4v) is 6.09. The highest BCUT2D eigenvalue weighted by atomic mass is 32.1. The number of aryl methyl sites for hydroxylation is 1. The summed E-state index contributed by atoms with van der Waals surface area (Å²) in [7, 11) is 0. The molecule has 1 saturated heterocycles. The van der Waals surface area contributed by atoms with Crippen molar-refractivity contribution in [3.8, 4) is 16.3 Å². The molecule has 0 saturated carbocycles. The van der Waals surface area contributed by atoms with Crippen molar-refractivity contribution < 1.29 is 33.9 Å². The van der Waals surface area contributed by atoms with Gasteiger partial charge in [-0.3, -0.25) is 14.4 Å². The minimum absolute atomic E-state index is 0.0579. The molecule has 1 aliphatic rings. The number of aliphatic carboxylic acids is 1. The van der Waals surface area contributed by atoms with E-state index in [4.69, 9.17) is 14.4 Å². The van der Waals surface area contributed by atoms with E-state index < -0.39 is 24.0 Å². The number of hydrogen-bond donors (Lipinski definition) is 3. The third-order valence-electron chi connectivity index (χ3n) is 7.57. The highest BCUT2D eigenvalue weighted by molar-refractivity contribution is 7.13. The summed E-state index contributed by atoms with van der Waals surface area (Å²) in [5, 5.41) is 26.0. The predicted molar refractivity (Wildman–Crippen MR) is 161 cm³/mol. The lowest BCUT2D eigenvalue weighted by Gasteiger charge is -2.28. The van der Waals surface area contributed by atoms with Crippen molar-refractivity contribution in [2.24, 2.45) is 5.92 Å². The smallest absolute Gasteiger partial charge is 0.303 e. The maximum atomic E-state index is 13.8. The van der Waals surface area contributed by atoms with Gasteiger partial charge in [-0.25, -0.2) is 4.98 Å². The van der Waals surface area contributed by atoms with Crippen LogP contribution in [0.15, 0.2) is 40.4 Å². The summed E-state index contributed by atoms with van der Waals surface area (Å²) in [4.78, 5) is 44.5. The molecule has 2 amide bonds. The molecule has 12 heteroatoms. The summed E-state index contributed by atoms with van der Waals surface area (Å²) < 4.78 is 11.2. The largest absolute Gasteiger partial charge is 0.481 e. The van der Waals surface area contributed by atoms with Gasteiger partial charge in [-0.1, -0.05) is 51.0 Å². The SMILES string of the molecule is Cc1ncsc1-c1ccc(CNC(=O)[C@@H]2C[C@@H](O)CN2C(=O)C(c2cc(OCCCCCCC(=O)O)no2)C(C)C)cc1. The Bertz CT molecular complexity index is 1370. The Kier molecular flexibility index (Phi) is 11.3. The number of carboxylic acids is 1. The Labute approximate surface area is 255 Å². The highest BCUT2D eigenvalue weighted by Crippen LogP contribution is 2.32. The molecule has 1 unspecified atom stereocenters. The molecular formula is C31H40N4O7S. The minimum Gasteiger partial charge on any atom is -0.481 e. The normalized spacial score (nSPS) is 17.3. The van der Waals surface area contributed by atoms with Crippen LogP contribution in [0, 0.1) is 12.8 Å². The van der Waals surface area contributed by atoms with E-state index in [0.29, 0.717) is 25.3 Å². The minimum atomic E-state index is -0.807. The number of benzene rings is 1. The first-order valence-corrected chi connectivity index (χ1v) is 15.6. The van der Waals surface area contributed by atoms with Gasteiger partial charge in [0, 0.05) is 32.0 Å². The van der Waals surface area contributed by atoms with Gasteiger partial charge in [0.1, 0.15) is 12.0 Å². The van der Waals surface area contributed by atoms with E-state index in [-0.39, 0.29) is 43.0 Å². The van der Waals surface area contributed by atoms with Crippen molar-refractivity contribution in [1.82, 2.24) is 20.4 Å². The topological polar surface area (TPSA) is 155 Å². The lowest BCUT2D eigenvalue weighted by Crippen LogP contribution is -2.48. The maximum absolute atomic E-state index is 13.8. The number of carbonyl (C=O) groups is 3. The highest BCUT2D eigenvalue weighted by Gasteiger charge is 2.43. The molecule has 0 aliphatic carbocycles. The number of carbonyl (C=O) groups excluding carboxylic acids is 2. The summed E-state index contributed by atoms with van der Waals surface area (Å²) in [5.74, 6) is -1.68. The van der Waals surface area contributed by atoms with E-state index in [0.717, 1.165) is 41.0 Å². The summed E-state index contributed by atoms with van der Waals surface area (Å²) in [5.41, 5.74) is 4.79. The Balaban J connectivity index is 1.33. The van der Waals surface area contributed by atoms with Gasteiger partial charge in [0.2, 0.25) is 11.8 Å². The second-order valence-corrected chi connectivity index (χ2v) is 12.1. The average molecular weight is 613 g/mol. The molecule has 0 radical (unpaired) electrons. The lowest BCUT2D eigenvalue weighted by molar-refractivity contribution is -0.141. The van der Waals surface area contributed by atoms with Crippen LogP contribution in [0.5, 0.6) is 5.88 Å². The number of unbranched alkanes of at least 4 members (excludes halogenated alkanes) is 3. The van der Waals surface area contributed by atoms with Gasteiger partial charge < -0.3 is 29.7 Å². The van der Waals surface area contributed by atoms with Gasteiger partial charge >= 0.3 is 5.97 Å². The number of likely N-dealkylation sites (tertiary alicyclic amines) is 1. The molecule has 11 nitrogen and oxygen atoms in total. The fourth-order valence-electron chi connectivity index (χ4n) is 5.28. The number of thiazole rings is 1. The van der Waals surface area contributed by atoms with Crippen molar-refractivity contribution in [3.05, 3.63) is 52.9 Å². The first-order chi connectivity index (χ1) is 20.6. The van der Waals surface area contributed by atoms with Gasteiger partial charge in [-0.2, -0.15) is 0 Å². The molecule has 3 atom stereocenters. The first-order valence-electron chi connectivity index (χ1n) is 14.7. The number of amides is 2. The van der Waals surface area contributed by atoms with Crippen LogP contribution in [-0.4, -0.2) is 68.3 Å². The van der Waals surface area contributed by atoms with Gasteiger partial charge in [0.25, 0.3) is 5.88 Å². The zero-order chi connectivity index (χ0) is 30.9. The molecule has 2 aromatic heterocycles. The van der Waals surface area contributed by atoms with Crippen LogP contribution in [0.25, 0.3) is 10.4 Å². The van der Waals surface area contributed by atoms with Crippen LogP contribution < -0.4 is 10.1 Å². The molecule has 1 fully saturated rings. The first kappa shape index (κ1) is 32.2. The number of nitrogens with one attached hydrogen (secondary N) is 1. The van der Waals surface area contributed by atoms with Gasteiger partial charge in [0.05, 0.1) is 28.8 Å². The van der Waals surface area contributed by atoms with E-state index in [1.165, 1.54) is 4.90 Å². The zero-order valence-corrected chi connectivity index (χ0v) is 25.6. The zero-order valence-electron chi connectivity index (χ0n) is 24.8. The number of hydrogen-bond acceptors (Lipinski definition) is 9. The lowest BCUT2D eigenvalue weighted by atomic mass is 9.91. The molecule has 1 aromatic carbocycles. The van der Waals surface area contributed by atoms with Crippen LogP contribution in [0.4, 0.5) is 0 Å². The number of ether oxygens (including phenoxy) is 1. The standard InChI is InChI=1S/C31H40N4O7S/c1-19(2)28(25-15-26(34-42-25)41-13-7-5-4-6-8-27(37)38)31(40)35-17-23(36)14-24(35)30(39)32-16-21-9-11-22(12-10-21)29-20(3)33-18-43-29/h9-12,15,18-19,23-24,28,36H,4-8,13-14,16-17H2,1-3H3,(H,32,39)(H,37,38)/t23-,24+,28?/m1/s1. The van der Waals surface area contributed by atoms with E-state index in [9.17, 15) is 19.5 Å². The molecule has 43 heavy (non-hydrogen) atoms. The quantitative estimate of drug-likeness (QED) is 0.210. The third-order valence-corrected chi connectivity index (χ3v) is 8.55. The summed E-state index contributed by atoms with van der Waals surface area (Å²) in [6.45, 7) is 6.50. The number of aromatic nitrogens is 2. The van der Waals surface area contributed by atoms with Crippen molar-refractivity contribution in [1.29, 1.82) is 0 Å². The molecule has 3 N–H and O–H groups in total. The van der Waals surface area contributed by atoms with Gasteiger partial charge in [-0.15, -0.1) is 11.3 Å². The maximum Gasteiger partial charge on any atom is 0.303 e. The summed E-state index contributed by atoms with van der Waals surface area (Å²) >= 11 is 1.58. The molecule has 0 spiro atoms. The van der Waals surface area contributed by atoms with Crippen LogP contribution in [0.1, 0.15) is 75.3 Å². The second kappa shape index (κ2) is 15.1. The molecule has 3 aromatic rings. The second-order valence-electron chi connectivity index (χ2n) is 11.3. The van der Waals surface area contributed by atoms with Crippen molar-refractivity contribution in [3.63, 3.8) is 0 Å². The number of β-amino-alcohol motifs (C(OH)–C–C–N with tert-alkyl or cyclic N) is 1. The van der Waals surface area contributed by atoms with Crippen LogP contribution in [-0.2, 0) is 20.9 Å². The fraction of sp³-hybridized carbons (Fsp3) is 0.516. The average Bonchev–Trinajstić information content (AvgIpc) is 3.71. The Morgan fingerprint density at radius 3 is 2.58 bits per heavy atom. The van der Waals surface area contributed by atoms with E-state index in [1.54, 1.807) is 17.4 Å². The van der Waals surface area contributed by atoms with Crippen LogP contribution in [0.2, 0.25) is 0 Å².